The minimum Gasteiger partial charge on any atom is -0.497 e. The second kappa shape index (κ2) is 7.21. The molecule has 5 rings (SSSR count). The lowest BCUT2D eigenvalue weighted by Crippen LogP contribution is -2.52. The van der Waals surface area contributed by atoms with Crippen LogP contribution in [0.4, 0.5) is 0 Å². The van der Waals surface area contributed by atoms with Gasteiger partial charge in [-0.3, -0.25) is 15.1 Å². The van der Waals surface area contributed by atoms with E-state index in [0.717, 1.165) is 37.2 Å². The van der Waals surface area contributed by atoms with Gasteiger partial charge in [0.25, 0.3) is 5.91 Å². The molecule has 8 heteroatoms. The predicted octanol–water partition coefficient (Wildman–Crippen LogP) is 2.50. The number of fused-ring (bicyclic) bond motifs is 6. The number of hydrogen-bond acceptors (Lipinski definition) is 6. The first kappa shape index (κ1) is 19.3. The van der Waals surface area contributed by atoms with Crippen LogP contribution in [0.2, 0.25) is 0 Å². The second-order valence-corrected chi connectivity index (χ2v) is 8.42. The van der Waals surface area contributed by atoms with Crippen molar-refractivity contribution >= 4 is 16.8 Å². The maximum atomic E-state index is 12.4. The number of nitrogens with zero attached hydrogens (tertiary/aromatic N) is 1. The maximum Gasteiger partial charge on any atom is 0.264 e. The molecule has 2 aromatic rings. The van der Waals surface area contributed by atoms with Crippen LogP contribution in [-0.4, -0.2) is 49.2 Å². The average molecular weight is 417 g/mol. The summed E-state index contributed by atoms with van der Waals surface area (Å²) >= 11 is 0. The largest absolute Gasteiger partial charge is 0.497 e. The molecule has 0 bridgehead atoms. The molecule has 0 spiro atoms. The van der Waals surface area contributed by atoms with Crippen molar-refractivity contribution in [1.29, 1.82) is 0 Å². The highest BCUT2D eigenvalue weighted by Gasteiger charge is 2.46. The average Bonchev–Trinajstić information content (AvgIpc) is 3.14. The number of carbonyl (C=O) groups is 1. The highest BCUT2D eigenvalue weighted by Crippen LogP contribution is 2.48. The van der Waals surface area contributed by atoms with Crippen molar-refractivity contribution in [3.05, 3.63) is 35.2 Å². The van der Waals surface area contributed by atoms with Crippen molar-refractivity contribution in [2.75, 3.05) is 27.3 Å². The Morgan fingerprint density at radius 2 is 2.10 bits per heavy atom. The van der Waals surface area contributed by atoms with E-state index >= 15 is 0 Å². The van der Waals surface area contributed by atoms with Crippen LogP contribution in [0.25, 0.3) is 10.9 Å². The summed E-state index contributed by atoms with van der Waals surface area (Å²) in [4.78, 5) is 18.6. The monoisotopic (exact) mass is 416 g/mol. The normalized spacial score (nSPS) is 27.9. The fourth-order valence-electron chi connectivity index (χ4n) is 5.55. The van der Waals surface area contributed by atoms with Gasteiger partial charge in [-0.2, -0.15) is 0 Å². The number of benzene rings is 1. The Balaban J connectivity index is 0.00000144. The molecular formula is C22H32N4O4. The number of methoxy groups -OCH3 is 2. The van der Waals surface area contributed by atoms with Crippen LogP contribution in [-0.2, 0) is 16.0 Å². The highest BCUT2D eigenvalue weighted by atomic mass is 16.5. The number of nitrogens with two attached hydrogens (primary N) is 1. The van der Waals surface area contributed by atoms with Gasteiger partial charge in [-0.1, -0.05) is 0 Å². The number of carbonyl (C=O) groups excluding carboxylic acids is 1. The van der Waals surface area contributed by atoms with Crippen LogP contribution in [0.15, 0.2) is 24.0 Å². The SMILES string of the molecule is COc1cc2[nH]c3c(c2cc1OC)CCN1CC2C(C[C@H]31)C(C(=O)NN)=CO[C@H]2C.[HH].[HH]. The fraction of sp³-hybridized carbons (Fsp3) is 0.500. The lowest BCUT2D eigenvalue weighted by molar-refractivity contribution is -0.120. The third-order valence-corrected chi connectivity index (χ3v) is 7.11. The van der Waals surface area contributed by atoms with E-state index < -0.39 is 0 Å². The third kappa shape index (κ3) is 2.78. The lowest BCUT2D eigenvalue weighted by Gasteiger charge is -2.49. The molecule has 0 radical (unpaired) electrons. The van der Waals surface area contributed by atoms with E-state index in [-0.39, 0.29) is 32.7 Å². The quantitative estimate of drug-likeness (QED) is 0.404. The molecule has 1 saturated heterocycles. The number of H-pyrrole nitrogens is 1. The molecule has 0 aliphatic carbocycles. The summed E-state index contributed by atoms with van der Waals surface area (Å²) in [5, 5.41) is 1.18. The first-order chi connectivity index (χ1) is 14.5. The Hall–Kier alpha value is -2.71. The number of nitrogens with one attached hydrogen (secondary N) is 2. The van der Waals surface area contributed by atoms with Gasteiger partial charge in [0.15, 0.2) is 11.5 Å². The number of amides is 1. The summed E-state index contributed by atoms with van der Waals surface area (Å²) in [6.07, 6.45) is 3.50. The number of aromatic amines is 1. The van der Waals surface area contributed by atoms with Crippen molar-refractivity contribution in [2.24, 2.45) is 17.7 Å². The zero-order valence-corrected chi connectivity index (χ0v) is 17.5. The van der Waals surface area contributed by atoms with E-state index in [1.807, 2.05) is 6.07 Å². The van der Waals surface area contributed by atoms with E-state index in [2.05, 4.69) is 28.3 Å². The van der Waals surface area contributed by atoms with Crippen LogP contribution in [0.5, 0.6) is 11.5 Å². The molecule has 8 nitrogen and oxygen atoms in total. The van der Waals surface area contributed by atoms with Crippen LogP contribution < -0.4 is 20.7 Å². The molecule has 164 valence electrons. The Bertz CT molecular complexity index is 1040. The molecule has 4 atom stereocenters. The predicted molar refractivity (Wildman–Crippen MR) is 116 cm³/mol. The first-order valence-electron chi connectivity index (χ1n) is 10.4. The Morgan fingerprint density at radius 3 is 2.83 bits per heavy atom. The summed E-state index contributed by atoms with van der Waals surface area (Å²) in [7, 11) is 3.31. The molecule has 4 heterocycles. The second-order valence-electron chi connectivity index (χ2n) is 8.42. The maximum absolute atomic E-state index is 12.4. The number of aromatic nitrogens is 1. The Labute approximate surface area is 178 Å². The fourth-order valence-corrected chi connectivity index (χ4v) is 5.55. The Morgan fingerprint density at radius 1 is 1.33 bits per heavy atom. The molecule has 30 heavy (non-hydrogen) atoms. The summed E-state index contributed by atoms with van der Waals surface area (Å²) < 4.78 is 16.8. The molecule has 1 fully saturated rings. The van der Waals surface area contributed by atoms with E-state index in [1.54, 1.807) is 20.5 Å². The highest BCUT2D eigenvalue weighted by molar-refractivity contribution is 5.93. The molecule has 1 amide bonds. The topological polar surface area (TPSA) is 102 Å². The summed E-state index contributed by atoms with van der Waals surface area (Å²) in [6, 6.07) is 4.29. The van der Waals surface area contributed by atoms with Crippen LogP contribution in [0.1, 0.15) is 33.5 Å². The van der Waals surface area contributed by atoms with Gasteiger partial charge < -0.3 is 19.2 Å². The molecule has 2 unspecified atom stereocenters. The van der Waals surface area contributed by atoms with Gasteiger partial charge in [0.2, 0.25) is 0 Å². The third-order valence-electron chi connectivity index (χ3n) is 7.11. The first-order valence-corrected chi connectivity index (χ1v) is 10.4. The van der Waals surface area contributed by atoms with E-state index in [1.165, 1.54) is 16.6 Å². The molecular weight excluding hydrogens is 384 g/mol. The van der Waals surface area contributed by atoms with E-state index in [0.29, 0.717) is 11.3 Å². The van der Waals surface area contributed by atoms with Crippen molar-refractivity contribution in [3.8, 4) is 11.5 Å². The summed E-state index contributed by atoms with van der Waals surface area (Å²) in [5.74, 6) is 7.01. The lowest BCUT2D eigenvalue weighted by atomic mass is 9.72. The molecule has 0 saturated carbocycles. The number of rotatable bonds is 3. The van der Waals surface area contributed by atoms with Crippen molar-refractivity contribution in [1.82, 2.24) is 15.3 Å². The van der Waals surface area contributed by atoms with Crippen LogP contribution >= 0.6 is 0 Å². The molecule has 3 aliphatic heterocycles. The van der Waals surface area contributed by atoms with Crippen molar-refractivity contribution in [3.63, 3.8) is 0 Å². The summed E-state index contributed by atoms with van der Waals surface area (Å²) in [5.41, 5.74) is 6.55. The van der Waals surface area contributed by atoms with Crippen molar-refractivity contribution in [2.45, 2.75) is 31.9 Å². The van der Waals surface area contributed by atoms with Crippen LogP contribution in [0.3, 0.4) is 0 Å². The minimum absolute atomic E-state index is 0. The zero-order valence-electron chi connectivity index (χ0n) is 17.5. The number of piperidine rings is 1. The molecule has 1 aromatic heterocycles. The summed E-state index contributed by atoms with van der Waals surface area (Å²) in [6.45, 7) is 3.96. The number of hydrazine groups is 1. The van der Waals surface area contributed by atoms with Gasteiger partial charge in [-0.15, -0.1) is 0 Å². The van der Waals surface area contributed by atoms with Gasteiger partial charge >= 0.3 is 0 Å². The van der Waals surface area contributed by atoms with Gasteiger partial charge in [0, 0.05) is 50.4 Å². The smallest absolute Gasteiger partial charge is 0.264 e. The van der Waals surface area contributed by atoms with Gasteiger partial charge in [-0.25, -0.2) is 5.84 Å². The number of ether oxygens (including phenoxy) is 3. The molecule has 4 N–H and O–H groups in total. The number of hydrogen-bond donors (Lipinski definition) is 3. The minimum atomic E-state index is -0.257. The molecule has 1 aromatic carbocycles. The van der Waals surface area contributed by atoms with Gasteiger partial charge in [0.1, 0.15) is 0 Å². The van der Waals surface area contributed by atoms with Crippen molar-refractivity contribution < 1.29 is 21.9 Å². The standard InChI is InChI=1S/C22H28N4O4.2H2/c1-11-15-9-26-5-4-12-14-7-19(28-2)20(29-3)8-17(14)24-21(12)18(26)6-13(15)16(10-30-11)22(27)25-23;;/h7-8,10-11,13,15,18,24H,4-6,9,23H2,1-3H3,(H,25,27);2*1H/t11-,13?,15?,18+;;/m0../s1. The van der Waals surface area contributed by atoms with E-state index in [9.17, 15) is 4.79 Å². The van der Waals surface area contributed by atoms with Crippen LogP contribution in [0, 0.1) is 11.8 Å². The zero-order chi connectivity index (χ0) is 21.0. The van der Waals surface area contributed by atoms with Gasteiger partial charge in [-0.05, 0) is 31.4 Å². The molecule has 3 aliphatic rings. The van der Waals surface area contributed by atoms with Gasteiger partial charge in [0.05, 0.1) is 38.2 Å². The Kier molecular flexibility index (Phi) is 4.63. The van der Waals surface area contributed by atoms with E-state index in [4.69, 9.17) is 20.1 Å².